The number of esters is 1. The van der Waals surface area contributed by atoms with Crippen molar-refractivity contribution >= 4 is 40.2 Å². The van der Waals surface area contributed by atoms with Crippen LogP contribution in [0.3, 0.4) is 0 Å². The molecule has 2 atom stereocenters. The summed E-state index contributed by atoms with van der Waals surface area (Å²) < 4.78 is 5.23. The second-order valence-corrected chi connectivity index (χ2v) is 9.74. The number of carbonyl (C=O) groups excluding carboxylic acids is 4. The lowest BCUT2D eigenvalue weighted by atomic mass is 9.88. The molecule has 4 rings (SSSR count). The Morgan fingerprint density at radius 1 is 1.27 bits per heavy atom. The van der Waals surface area contributed by atoms with Crippen LogP contribution < -0.4 is 10.6 Å². The zero-order chi connectivity index (χ0) is 23.8. The average molecular weight is 470 g/mol. The number of anilines is 1. The number of carbonyl (C=O) groups is 4. The SMILES string of the molecule is CCOC(=O)c1c(NC(=O)CN2C(=O)NC(C)(c3ccccc3)C2=O)sc2c1CCC(C)C2. The maximum absolute atomic E-state index is 13.1. The third kappa shape index (κ3) is 4.25. The van der Waals surface area contributed by atoms with Crippen LogP contribution in [0.25, 0.3) is 0 Å². The number of amides is 4. The van der Waals surface area contributed by atoms with Gasteiger partial charge in [-0.3, -0.25) is 14.5 Å². The van der Waals surface area contributed by atoms with E-state index in [1.54, 1.807) is 38.1 Å². The molecule has 2 aromatic rings. The van der Waals surface area contributed by atoms with Crippen LogP contribution in [-0.4, -0.2) is 41.9 Å². The standard InChI is InChI=1S/C24H27N3O5S/c1-4-32-21(29)19-16-11-10-14(2)12-17(16)33-20(19)25-18(28)13-27-22(30)24(3,26-23(27)31)15-8-6-5-7-9-15/h5-9,14H,4,10-13H2,1-3H3,(H,25,28)(H,26,31). The molecule has 2 unspecified atom stereocenters. The molecular weight excluding hydrogens is 442 g/mol. The van der Waals surface area contributed by atoms with Crippen molar-refractivity contribution < 1.29 is 23.9 Å². The van der Waals surface area contributed by atoms with E-state index in [0.29, 0.717) is 22.0 Å². The minimum atomic E-state index is -1.24. The van der Waals surface area contributed by atoms with E-state index < -0.39 is 35.9 Å². The van der Waals surface area contributed by atoms with Crippen molar-refractivity contribution in [3.05, 3.63) is 51.9 Å². The molecule has 2 heterocycles. The summed E-state index contributed by atoms with van der Waals surface area (Å²) in [6, 6.07) is 8.26. The number of thiophene rings is 1. The quantitative estimate of drug-likeness (QED) is 0.498. The molecule has 1 aromatic heterocycles. The Balaban J connectivity index is 1.54. The minimum Gasteiger partial charge on any atom is -0.462 e. The number of hydrogen-bond donors (Lipinski definition) is 2. The van der Waals surface area contributed by atoms with Crippen molar-refractivity contribution in [1.29, 1.82) is 0 Å². The van der Waals surface area contributed by atoms with Gasteiger partial charge in [0.05, 0.1) is 12.2 Å². The summed E-state index contributed by atoms with van der Waals surface area (Å²) in [6.07, 6.45) is 2.55. The molecule has 0 saturated carbocycles. The van der Waals surface area contributed by atoms with Gasteiger partial charge in [-0.2, -0.15) is 0 Å². The number of imide groups is 1. The number of rotatable bonds is 6. The number of nitrogens with zero attached hydrogens (tertiary/aromatic N) is 1. The summed E-state index contributed by atoms with van der Waals surface area (Å²) in [4.78, 5) is 53.1. The Kier molecular flexibility index (Phi) is 6.25. The van der Waals surface area contributed by atoms with E-state index in [4.69, 9.17) is 4.74 Å². The highest BCUT2D eigenvalue weighted by atomic mass is 32.1. The lowest BCUT2D eigenvalue weighted by Crippen LogP contribution is -2.42. The van der Waals surface area contributed by atoms with E-state index >= 15 is 0 Å². The lowest BCUT2D eigenvalue weighted by Gasteiger charge is -2.22. The van der Waals surface area contributed by atoms with Gasteiger partial charge >= 0.3 is 12.0 Å². The predicted octanol–water partition coefficient (Wildman–Crippen LogP) is 3.46. The van der Waals surface area contributed by atoms with E-state index in [0.717, 1.165) is 34.6 Å². The van der Waals surface area contributed by atoms with Gasteiger partial charge in [0.1, 0.15) is 17.1 Å². The van der Waals surface area contributed by atoms with Crippen molar-refractivity contribution in [3.8, 4) is 0 Å². The van der Waals surface area contributed by atoms with Crippen molar-refractivity contribution in [2.45, 2.75) is 45.6 Å². The number of fused-ring (bicyclic) bond motifs is 1. The molecule has 4 amide bonds. The highest BCUT2D eigenvalue weighted by Crippen LogP contribution is 2.40. The fraction of sp³-hybridized carbons (Fsp3) is 0.417. The molecule has 2 N–H and O–H groups in total. The third-order valence-corrected chi connectivity index (χ3v) is 7.34. The third-order valence-electron chi connectivity index (χ3n) is 6.17. The molecule has 1 aliphatic heterocycles. The van der Waals surface area contributed by atoms with Crippen LogP contribution in [0.4, 0.5) is 9.80 Å². The van der Waals surface area contributed by atoms with Gasteiger partial charge in [-0.1, -0.05) is 37.3 Å². The second kappa shape index (κ2) is 8.97. The van der Waals surface area contributed by atoms with Crippen molar-refractivity contribution in [2.24, 2.45) is 5.92 Å². The van der Waals surface area contributed by atoms with Crippen LogP contribution in [0.5, 0.6) is 0 Å². The second-order valence-electron chi connectivity index (χ2n) is 8.64. The normalized spacial score (nSPS) is 22.0. The monoisotopic (exact) mass is 469 g/mol. The zero-order valence-electron chi connectivity index (χ0n) is 18.9. The van der Waals surface area contributed by atoms with Gasteiger partial charge in [0, 0.05) is 4.88 Å². The number of benzene rings is 1. The molecule has 2 aliphatic rings. The Morgan fingerprint density at radius 2 is 2.00 bits per heavy atom. The van der Waals surface area contributed by atoms with Gasteiger partial charge < -0.3 is 15.4 Å². The van der Waals surface area contributed by atoms with E-state index in [2.05, 4.69) is 17.6 Å². The molecule has 1 aliphatic carbocycles. The van der Waals surface area contributed by atoms with Crippen LogP contribution in [0, 0.1) is 5.92 Å². The van der Waals surface area contributed by atoms with Gasteiger partial charge in [-0.15, -0.1) is 11.3 Å². The van der Waals surface area contributed by atoms with Gasteiger partial charge in [-0.25, -0.2) is 9.59 Å². The fourth-order valence-corrected chi connectivity index (χ4v) is 5.79. The summed E-state index contributed by atoms with van der Waals surface area (Å²) in [5.74, 6) is -1.02. The minimum absolute atomic E-state index is 0.230. The molecule has 33 heavy (non-hydrogen) atoms. The number of urea groups is 1. The molecule has 1 saturated heterocycles. The van der Waals surface area contributed by atoms with Crippen molar-refractivity contribution in [3.63, 3.8) is 0 Å². The Bertz CT molecular complexity index is 1110. The van der Waals surface area contributed by atoms with Gasteiger partial charge in [0.15, 0.2) is 0 Å². The van der Waals surface area contributed by atoms with E-state index in [-0.39, 0.29) is 6.61 Å². The molecule has 0 bridgehead atoms. The largest absolute Gasteiger partial charge is 0.462 e. The molecule has 174 valence electrons. The first-order valence-electron chi connectivity index (χ1n) is 11.1. The van der Waals surface area contributed by atoms with Crippen molar-refractivity contribution in [2.75, 3.05) is 18.5 Å². The smallest absolute Gasteiger partial charge is 0.341 e. The topological polar surface area (TPSA) is 105 Å². The van der Waals surface area contributed by atoms with E-state index in [1.165, 1.54) is 11.3 Å². The lowest BCUT2D eigenvalue weighted by molar-refractivity contribution is -0.133. The first-order valence-corrected chi connectivity index (χ1v) is 11.9. The van der Waals surface area contributed by atoms with E-state index in [9.17, 15) is 19.2 Å². The van der Waals surface area contributed by atoms with Gasteiger partial charge in [-0.05, 0) is 50.2 Å². The maximum atomic E-state index is 13.1. The molecule has 0 spiro atoms. The molecule has 0 radical (unpaired) electrons. The van der Waals surface area contributed by atoms with Crippen LogP contribution in [0.15, 0.2) is 30.3 Å². The summed E-state index contributed by atoms with van der Waals surface area (Å²) in [6.45, 7) is 5.29. The Hall–Kier alpha value is -3.20. The highest BCUT2D eigenvalue weighted by Gasteiger charge is 2.49. The molecule has 1 aromatic carbocycles. The van der Waals surface area contributed by atoms with Gasteiger partial charge in [0.25, 0.3) is 5.91 Å². The summed E-state index contributed by atoms with van der Waals surface area (Å²) in [7, 11) is 0. The molecule has 8 nitrogen and oxygen atoms in total. The van der Waals surface area contributed by atoms with Crippen LogP contribution in [-0.2, 0) is 32.7 Å². The molecule has 1 fully saturated rings. The van der Waals surface area contributed by atoms with Crippen molar-refractivity contribution in [1.82, 2.24) is 10.2 Å². The average Bonchev–Trinajstić information content (AvgIpc) is 3.24. The Labute approximate surface area is 196 Å². The van der Waals surface area contributed by atoms with Gasteiger partial charge in [0.2, 0.25) is 5.91 Å². The maximum Gasteiger partial charge on any atom is 0.341 e. The summed E-state index contributed by atoms with van der Waals surface area (Å²) in [5, 5.41) is 5.87. The number of ether oxygens (including phenoxy) is 1. The molecular formula is C24H27N3O5S. The number of nitrogens with one attached hydrogen (secondary N) is 2. The van der Waals surface area contributed by atoms with Crippen LogP contribution in [0.2, 0.25) is 0 Å². The predicted molar refractivity (Wildman–Crippen MR) is 124 cm³/mol. The zero-order valence-corrected chi connectivity index (χ0v) is 19.7. The Morgan fingerprint density at radius 3 is 2.70 bits per heavy atom. The highest BCUT2D eigenvalue weighted by molar-refractivity contribution is 7.17. The summed E-state index contributed by atoms with van der Waals surface area (Å²) in [5.41, 5.74) is 0.713. The van der Waals surface area contributed by atoms with Crippen LogP contribution >= 0.6 is 11.3 Å². The first-order chi connectivity index (χ1) is 15.7. The van der Waals surface area contributed by atoms with Crippen LogP contribution in [0.1, 0.15) is 53.6 Å². The molecule has 9 heteroatoms. The fourth-order valence-electron chi connectivity index (χ4n) is 4.38. The summed E-state index contributed by atoms with van der Waals surface area (Å²) >= 11 is 1.37. The number of hydrogen-bond acceptors (Lipinski definition) is 6. The first kappa shape index (κ1) is 23.0. The van der Waals surface area contributed by atoms with E-state index in [1.807, 2.05) is 6.07 Å².